The second-order valence-corrected chi connectivity index (χ2v) is 5.56. The zero-order valence-electron chi connectivity index (χ0n) is 12.2. The number of nitrogens with zero attached hydrogens (tertiary/aromatic N) is 2. The first-order valence-electron chi connectivity index (χ1n) is 7.14. The van der Waals surface area contributed by atoms with Gasteiger partial charge in [-0.15, -0.1) is 0 Å². The van der Waals surface area contributed by atoms with Crippen molar-refractivity contribution in [3.05, 3.63) is 17.7 Å². The molecule has 0 unspecified atom stereocenters. The smallest absolute Gasteiger partial charge is 0.392 e. The van der Waals surface area contributed by atoms with Gasteiger partial charge in [0.05, 0.1) is 24.9 Å². The van der Waals surface area contributed by atoms with Crippen LogP contribution in [0.2, 0.25) is 0 Å². The van der Waals surface area contributed by atoms with Crippen molar-refractivity contribution in [1.82, 2.24) is 15.3 Å². The Morgan fingerprint density at radius 1 is 1.38 bits per heavy atom. The van der Waals surface area contributed by atoms with E-state index in [4.69, 9.17) is 4.74 Å². The van der Waals surface area contributed by atoms with Crippen molar-refractivity contribution in [1.29, 1.82) is 0 Å². The zero-order chi connectivity index (χ0) is 15.5. The van der Waals surface area contributed by atoms with E-state index in [9.17, 15) is 13.2 Å². The van der Waals surface area contributed by atoms with Crippen molar-refractivity contribution in [3.8, 4) is 5.75 Å². The van der Waals surface area contributed by atoms with Crippen LogP contribution >= 0.6 is 0 Å². The monoisotopic (exact) mass is 303 g/mol. The van der Waals surface area contributed by atoms with Crippen molar-refractivity contribution in [2.45, 2.75) is 57.8 Å². The van der Waals surface area contributed by atoms with Crippen LogP contribution in [0.15, 0.2) is 6.20 Å². The van der Waals surface area contributed by atoms with Crippen LogP contribution in [-0.4, -0.2) is 28.8 Å². The van der Waals surface area contributed by atoms with Gasteiger partial charge in [0.2, 0.25) is 0 Å². The third-order valence-corrected chi connectivity index (χ3v) is 3.14. The number of halogens is 3. The first-order valence-corrected chi connectivity index (χ1v) is 7.14. The van der Waals surface area contributed by atoms with Gasteiger partial charge in [0.15, 0.2) is 5.75 Å². The van der Waals surface area contributed by atoms with Gasteiger partial charge in [0.25, 0.3) is 0 Å². The van der Waals surface area contributed by atoms with Crippen molar-refractivity contribution in [3.63, 3.8) is 0 Å². The van der Waals surface area contributed by atoms with Crippen LogP contribution in [0.4, 0.5) is 13.2 Å². The average molecular weight is 303 g/mol. The molecule has 0 saturated heterocycles. The average Bonchev–Trinajstić information content (AvgIpc) is 3.19. The van der Waals surface area contributed by atoms with Crippen LogP contribution in [0.3, 0.4) is 0 Å². The predicted octanol–water partition coefficient (Wildman–Crippen LogP) is 3.18. The number of hydrogen-bond donors (Lipinski definition) is 1. The van der Waals surface area contributed by atoms with Gasteiger partial charge in [0.1, 0.15) is 5.82 Å². The second-order valence-electron chi connectivity index (χ2n) is 5.56. The highest BCUT2D eigenvalue weighted by molar-refractivity contribution is 5.25. The molecule has 7 heteroatoms. The van der Waals surface area contributed by atoms with E-state index in [1.807, 2.05) is 13.8 Å². The molecule has 4 nitrogen and oxygen atoms in total. The molecule has 0 bridgehead atoms. The van der Waals surface area contributed by atoms with Gasteiger partial charge in [-0.25, -0.2) is 9.97 Å². The highest BCUT2D eigenvalue weighted by atomic mass is 19.4. The SMILES string of the molecule is CC(C)c1ncc(OCCC(F)(F)F)c(CNC2CC2)n1. The lowest BCUT2D eigenvalue weighted by atomic mass is 10.2. The highest BCUT2D eigenvalue weighted by Gasteiger charge is 2.27. The molecule has 118 valence electrons. The Morgan fingerprint density at radius 2 is 2.10 bits per heavy atom. The van der Waals surface area contributed by atoms with E-state index in [1.54, 1.807) is 0 Å². The number of ether oxygens (including phenoxy) is 1. The third-order valence-electron chi connectivity index (χ3n) is 3.14. The summed E-state index contributed by atoms with van der Waals surface area (Å²) in [5.41, 5.74) is 0.628. The van der Waals surface area contributed by atoms with E-state index in [0.29, 0.717) is 29.9 Å². The summed E-state index contributed by atoms with van der Waals surface area (Å²) in [7, 11) is 0. The lowest BCUT2D eigenvalue weighted by molar-refractivity contribution is -0.139. The van der Waals surface area contributed by atoms with Gasteiger partial charge in [-0.3, -0.25) is 0 Å². The van der Waals surface area contributed by atoms with Crippen molar-refractivity contribution in [2.24, 2.45) is 0 Å². The Balaban J connectivity index is 2.02. The van der Waals surface area contributed by atoms with E-state index in [-0.39, 0.29) is 5.92 Å². The summed E-state index contributed by atoms with van der Waals surface area (Å²) >= 11 is 0. The van der Waals surface area contributed by atoms with Crippen LogP contribution in [0.5, 0.6) is 5.75 Å². The van der Waals surface area contributed by atoms with Crippen LogP contribution in [-0.2, 0) is 6.54 Å². The topological polar surface area (TPSA) is 47.0 Å². The molecule has 0 radical (unpaired) electrons. The fraction of sp³-hybridized carbons (Fsp3) is 0.714. The lowest BCUT2D eigenvalue weighted by Gasteiger charge is -2.14. The fourth-order valence-electron chi connectivity index (χ4n) is 1.75. The van der Waals surface area contributed by atoms with Gasteiger partial charge >= 0.3 is 6.18 Å². The summed E-state index contributed by atoms with van der Waals surface area (Å²) in [5.74, 6) is 1.16. The standard InChI is InChI=1S/C14H20F3N3O/c1-9(2)13-19-8-12(21-6-5-14(15,16)17)11(20-13)7-18-10-3-4-10/h8-10,18H,3-7H2,1-2H3. The number of alkyl halides is 3. The molecule has 1 aliphatic rings. The highest BCUT2D eigenvalue weighted by Crippen LogP contribution is 2.24. The van der Waals surface area contributed by atoms with Crippen LogP contribution in [0.25, 0.3) is 0 Å². The maximum Gasteiger partial charge on any atom is 0.392 e. The van der Waals surface area contributed by atoms with E-state index in [2.05, 4.69) is 15.3 Å². The van der Waals surface area contributed by atoms with Gasteiger partial charge in [-0.05, 0) is 12.8 Å². The Labute approximate surface area is 122 Å². The summed E-state index contributed by atoms with van der Waals surface area (Å²) in [6.07, 6.45) is -1.46. The minimum Gasteiger partial charge on any atom is -0.490 e. The molecule has 0 aliphatic heterocycles. The van der Waals surface area contributed by atoms with Crippen LogP contribution in [0.1, 0.15) is 50.5 Å². The molecule has 2 rings (SSSR count). The summed E-state index contributed by atoms with van der Waals surface area (Å²) in [6.45, 7) is 4.02. The lowest BCUT2D eigenvalue weighted by Crippen LogP contribution is -2.19. The first kappa shape index (κ1) is 16.0. The van der Waals surface area contributed by atoms with Gasteiger partial charge in [0, 0.05) is 18.5 Å². The summed E-state index contributed by atoms with van der Waals surface area (Å²) in [6, 6.07) is 0.491. The molecule has 1 aromatic rings. The second kappa shape index (κ2) is 6.60. The van der Waals surface area contributed by atoms with Crippen molar-refractivity contribution in [2.75, 3.05) is 6.61 Å². The normalized spacial score (nSPS) is 15.5. The number of hydrogen-bond acceptors (Lipinski definition) is 4. The minimum absolute atomic E-state index is 0.161. The number of aromatic nitrogens is 2. The molecule has 21 heavy (non-hydrogen) atoms. The van der Waals surface area contributed by atoms with Crippen LogP contribution in [0, 0.1) is 0 Å². The van der Waals surface area contributed by atoms with Crippen molar-refractivity contribution >= 4 is 0 Å². The molecule has 1 saturated carbocycles. The molecule has 1 aliphatic carbocycles. The molecule has 0 aromatic carbocycles. The zero-order valence-corrected chi connectivity index (χ0v) is 12.2. The molecule has 1 heterocycles. The third kappa shape index (κ3) is 5.49. The molecule has 1 aromatic heterocycles. The van der Waals surface area contributed by atoms with Gasteiger partial charge < -0.3 is 10.1 Å². The van der Waals surface area contributed by atoms with E-state index in [0.717, 1.165) is 12.8 Å². The molecular formula is C14H20F3N3O. The molecular weight excluding hydrogens is 283 g/mol. The Kier molecular flexibility index (Phi) is 5.03. The van der Waals surface area contributed by atoms with E-state index >= 15 is 0 Å². The van der Waals surface area contributed by atoms with Crippen molar-refractivity contribution < 1.29 is 17.9 Å². The molecule has 0 atom stereocenters. The quantitative estimate of drug-likeness (QED) is 0.840. The molecule has 1 N–H and O–H groups in total. The minimum atomic E-state index is -4.22. The maximum absolute atomic E-state index is 12.2. The van der Waals surface area contributed by atoms with E-state index in [1.165, 1.54) is 6.20 Å². The Hall–Kier alpha value is -1.37. The Bertz CT molecular complexity index is 473. The number of nitrogens with one attached hydrogen (secondary N) is 1. The van der Waals surface area contributed by atoms with Crippen LogP contribution < -0.4 is 10.1 Å². The van der Waals surface area contributed by atoms with Gasteiger partial charge in [-0.2, -0.15) is 13.2 Å². The first-order chi connectivity index (χ1) is 9.85. The molecule has 1 fully saturated rings. The fourth-order valence-corrected chi connectivity index (χ4v) is 1.75. The summed E-state index contributed by atoms with van der Waals surface area (Å²) < 4.78 is 41.7. The summed E-state index contributed by atoms with van der Waals surface area (Å²) in [5, 5.41) is 3.29. The molecule has 0 amide bonds. The Morgan fingerprint density at radius 3 is 2.67 bits per heavy atom. The number of rotatable bonds is 7. The maximum atomic E-state index is 12.2. The molecule has 0 spiro atoms. The largest absolute Gasteiger partial charge is 0.490 e. The predicted molar refractivity (Wildman–Crippen MR) is 72.1 cm³/mol. The van der Waals surface area contributed by atoms with Gasteiger partial charge in [-0.1, -0.05) is 13.8 Å². The van der Waals surface area contributed by atoms with E-state index < -0.39 is 19.2 Å². The summed E-state index contributed by atoms with van der Waals surface area (Å²) in [4.78, 5) is 8.56.